The molecule has 10 heteroatoms. The lowest BCUT2D eigenvalue weighted by atomic mass is 10.0. The van der Waals surface area contributed by atoms with E-state index >= 15 is 4.39 Å². The van der Waals surface area contributed by atoms with Crippen LogP contribution in [0, 0.1) is 5.82 Å². The van der Waals surface area contributed by atoms with Crippen LogP contribution in [0.3, 0.4) is 0 Å². The predicted molar refractivity (Wildman–Crippen MR) is 144 cm³/mol. The Balaban J connectivity index is 1.24. The number of piperidine rings is 1. The summed E-state index contributed by atoms with van der Waals surface area (Å²) in [6.45, 7) is 5.03. The number of nitrogens with one attached hydrogen (secondary N) is 2. The van der Waals surface area contributed by atoms with Crippen molar-refractivity contribution in [3.8, 4) is 0 Å². The molecule has 1 spiro atoms. The first-order valence-electron chi connectivity index (χ1n) is 14.1. The average Bonchev–Trinajstić information content (AvgIpc) is 3.50. The molecular weight excluding hydrogens is 485 g/mol. The minimum Gasteiger partial charge on any atom is -0.351 e. The zero-order valence-corrected chi connectivity index (χ0v) is 22.5. The number of guanidine groups is 1. The molecule has 1 aromatic rings. The summed E-state index contributed by atoms with van der Waals surface area (Å²) in [6, 6.07) is 5.15. The van der Waals surface area contributed by atoms with E-state index in [0.717, 1.165) is 69.3 Å². The summed E-state index contributed by atoms with van der Waals surface area (Å²) in [5.74, 6) is 1.01. The van der Waals surface area contributed by atoms with Crippen LogP contribution in [0.1, 0.15) is 55.3 Å². The Labute approximate surface area is 223 Å². The maximum absolute atomic E-state index is 15.3. The van der Waals surface area contributed by atoms with Crippen molar-refractivity contribution in [2.75, 3.05) is 58.7 Å². The second-order valence-corrected chi connectivity index (χ2v) is 11.7. The van der Waals surface area contributed by atoms with Crippen LogP contribution in [0.2, 0.25) is 0 Å². The number of anilines is 1. The van der Waals surface area contributed by atoms with E-state index in [9.17, 15) is 9.59 Å². The third-order valence-electron chi connectivity index (χ3n) is 9.05. The zero-order valence-electron chi connectivity index (χ0n) is 22.5. The second-order valence-electron chi connectivity index (χ2n) is 11.7. The number of amides is 2. The Morgan fingerprint density at radius 3 is 2.50 bits per heavy atom. The van der Waals surface area contributed by atoms with Crippen molar-refractivity contribution < 1.29 is 18.5 Å². The average molecular weight is 525 g/mol. The number of rotatable bonds is 4. The van der Waals surface area contributed by atoms with Gasteiger partial charge in [-0.1, -0.05) is 12.8 Å². The van der Waals surface area contributed by atoms with Gasteiger partial charge in [0.2, 0.25) is 5.91 Å². The summed E-state index contributed by atoms with van der Waals surface area (Å²) in [4.78, 5) is 37.1. The Hall–Kier alpha value is -2.98. The largest absolute Gasteiger partial charge is 0.351 e. The van der Waals surface area contributed by atoms with Gasteiger partial charge < -0.3 is 20.0 Å². The lowest BCUT2D eigenvalue weighted by Gasteiger charge is -2.35. The summed E-state index contributed by atoms with van der Waals surface area (Å²) < 4.78 is 15.9. The van der Waals surface area contributed by atoms with Gasteiger partial charge in [0.25, 0.3) is 5.91 Å². The molecule has 2 amide bonds. The zero-order chi connectivity index (χ0) is 26.4. The fraction of sp³-hybridized carbons (Fsp3) is 0.607. The maximum Gasteiger partial charge on any atom is 0.309 e. The fourth-order valence-corrected chi connectivity index (χ4v) is 6.34. The van der Waals surface area contributed by atoms with Gasteiger partial charge in [-0.15, -0.1) is 0 Å². The highest BCUT2D eigenvalue weighted by atomic mass is 19.1. The highest BCUT2D eigenvalue weighted by molar-refractivity contribution is 5.96. The Kier molecular flexibility index (Phi) is 6.63. The Morgan fingerprint density at radius 2 is 1.82 bits per heavy atom. The minimum absolute atomic E-state index is 0.123. The number of aliphatic imine (C=N–C) groups is 1. The van der Waals surface area contributed by atoms with Crippen LogP contribution < -0.4 is 10.6 Å². The normalized spacial score (nSPS) is 24.4. The lowest BCUT2D eigenvalue weighted by molar-refractivity contribution is -0.696. The van der Waals surface area contributed by atoms with Crippen LogP contribution in [-0.4, -0.2) is 102 Å². The van der Waals surface area contributed by atoms with Crippen LogP contribution >= 0.6 is 0 Å². The van der Waals surface area contributed by atoms with Gasteiger partial charge in [-0.2, -0.15) is 4.99 Å². The van der Waals surface area contributed by atoms with E-state index in [1.807, 2.05) is 7.05 Å². The molecule has 9 nitrogen and oxygen atoms in total. The number of hydrogen-bond donors (Lipinski definition) is 2. The standard InChI is InChI=1S/C28H38FN7O2/c1-33-12-9-20(10-13-33)30-27(38)19-7-8-23(22(29)17-19)31-28-32-26-24(18-36(28)15-16-36)34(2)25(37)11-14-35(26)21-5-3-4-6-21/h7-8,17,20-21H,3-6,9-16,18H2,1-2H3,(H-,30,31,32,38)/p+1. The van der Waals surface area contributed by atoms with Gasteiger partial charge in [0.05, 0.1) is 5.69 Å². The molecule has 2 N–H and O–H groups in total. The maximum atomic E-state index is 15.3. The molecule has 204 valence electrons. The Bertz CT molecular complexity index is 1180. The lowest BCUT2D eigenvalue weighted by Crippen LogP contribution is -2.48. The van der Waals surface area contributed by atoms with Crippen LogP contribution in [-0.2, 0) is 4.79 Å². The molecule has 4 heterocycles. The quantitative estimate of drug-likeness (QED) is 0.468. The number of hydrogen-bond acceptors (Lipinski definition) is 6. The highest BCUT2D eigenvalue weighted by Gasteiger charge is 2.54. The van der Waals surface area contributed by atoms with Crippen molar-refractivity contribution in [3.05, 3.63) is 41.1 Å². The van der Waals surface area contributed by atoms with Crippen molar-refractivity contribution >= 4 is 23.5 Å². The van der Waals surface area contributed by atoms with Crippen molar-refractivity contribution in [1.29, 1.82) is 0 Å². The minimum atomic E-state index is -0.468. The highest BCUT2D eigenvalue weighted by Crippen LogP contribution is 2.38. The number of nitrogens with zero attached hydrogens (tertiary/aromatic N) is 5. The third kappa shape index (κ3) is 4.80. The number of benzene rings is 1. The number of likely N-dealkylation sites (tertiary alicyclic amines) is 1. The number of carbonyl (C=O) groups excluding carboxylic acids is 2. The molecule has 0 aromatic heterocycles. The first kappa shape index (κ1) is 25.3. The first-order chi connectivity index (χ1) is 18.3. The molecule has 1 aromatic carbocycles. The summed E-state index contributed by atoms with van der Waals surface area (Å²) in [5.41, 5.74) is 1.62. The molecule has 0 unspecified atom stereocenters. The van der Waals surface area contributed by atoms with Crippen molar-refractivity contribution in [2.24, 2.45) is 4.99 Å². The Morgan fingerprint density at radius 1 is 1.08 bits per heavy atom. The van der Waals surface area contributed by atoms with Crippen LogP contribution in [0.15, 0.2) is 34.7 Å². The molecular formula is C28H39FN7O2+. The van der Waals surface area contributed by atoms with Gasteiger partial charge in [0.1, 0.15) is 31.1 Å². The molecule has 0 radical (unpaired) electrons. The van der Waals surface area contributed by atoms with E-state index in [2.05, 4.69) is 27.5 Å². The van der Waals surface area contributed by atoms with E-state index in [0.29, 0.717) is 41.3 Å². The number of quaternary nitrogens is 1. The van der Waals surface area contributed by atoms with Gasteiger partial charge in [-0.25, -0.2) is 8.87 Å². The van der Waals surface area contributed by atoms with E-state index < -0.39 is 5.82 Å². The summed E-state index contributed by atoms with van der Waals surface area (Å²) in [5, 5.41) is 6.35. The number of halogens is 1. The van der Waals surface area contributed by atoms with Crippen LogP contribution in [0.4, 0.5) is 10.1 Å². The monoisotopic (exact) mass is 524 g/mol. The van der Waals surface area contributed by atoms with Gasteiger partial charge in [0.15, 0.2) is 5.82 Å². The molecule has 38 heavy (non-hydrogen) atoms. The topological polar surface area (TPSA) is 80.3 Å². The van der Waals surface area contributed by atoms with E-state index in [-0.39, 0.29) is 17.9 Å². The third-order valence-corrected chi connectivity index (χ3v) is 9.05. The molecule has 2 saturated heterocycles. The van der Waals surface area contributed by atoms with Gasteiger partial charge in [0, 0.05) is 37.7 Å². The van der Waals surface area contributed by atoms with E-state index in [4.69, 9.17) is 4.99 Å². The summed E-state index contributed by atoms with van der Waals surface area (Å²) >= 11 is 0. The molecule has 1 aliphatic carbocycles. The van der Waals surface area contributed by atoms with E-state index in [1.165, 1.54) is 18.9 Å². The van der Waals surface area contributed by atoms with E-state index in [1.54, 1.807) is 17.0 Å². The fourth-order valence-electron chi connectivity index (χ4n) is 6.34. The van der Waals surface area contributed by atoms with Crippen molar-refractivity contribution in [2.45, 2.75) is 57.0 Å². The molecule has 4 aliphatic heterocycles. The van der Waals surface area contributed by atoms with Crippen molar-refractivity contribution in [3.63, 3.8) is 0 Å². The second kappa shape index (κ2) is 9.96. The smallest absolute Gasteiger partial charge is 0.309 e. The number of carbonyl (C=O) groups is 2. The molecule has 0 bridgehead atoms. The summed E-state index contributed by atoms with van der Waals surface area (Å²) in [6.07, 6.45) is 6.91. The van der Waals surface area contributed by atoms with Crippen LogP contribution in [0.5, 0.6) is 0 Å². The van der Waals surface area contributed by atoms with Crippen molar-refractivity contribution in [1.82, 2.24) is 20.0 Å². The molecule has 3 fully saturated rings. The summed E-state index contributed by atoms with van der Waals surface area (Å²) in [7, 11) is 3.94. The van der Waals surface area contributed by atoms with Gasteiger partial charge >= 0.3 is 5.96 Å². The van der Waals surface area contributed by atoms with Gasteiger partial charge in [-0.3, -0.25) is 14.9 Å². The predicted octanol–water partition coefficient (Wildman–Crippen LogP) is 2.54. The number of likely N-dealkylation sites (N-methyl/N-ethyl adjacent to an activating group) is 1. The van der Waals surface area contributed by atoms with Crippen LogP contribution in [0.25, 0.3) is 0 Å². The SMILES string of the molecule is CN1CCC(NC(=O)c2ccc(NC3=NC4=C(C[N+]35CC5)N(C)C(=O)CCN4C3CCCC3)c(F)c2)CC1. The first-order valence-corrected chi connectivity index (χ1v) is 14.1. The molecule has 1 saturated carbocycles. The molecule has 5 aliphatic rings. The van der Waals surface area contributed by atoms with Gasteiger partial charge in [-0.05, 0) is 64.0 Å². The molecule has 0 atom stereocenters. The molecule has 6 rings (SSSR count).